The van der Waals surface area contributed by atoms with Crippen molar-refractivity contribution in [1.29, 1.82) is 0 Å². The van der Waals surface area contributed by atoms with Crippen molar-refractivity contribution >= 4 is 23.9 Å². The third kappa shape index (κ3) is 4.20. The summed E-state index contributed by atoms with van der Waals surface area (Å²) in [5.41, 5.74) is -0.904. The Morgan fingerprint density at radius 3 is 1.28 bits per heavy atom. The van der Waals surface area contributed by atoms with E-state index in [1.54, 1.807) is 0 Å². The summed E-state index contributed by atoms with van der Waals surface area (Å²) in [5.74, 6) is -4.59. The number of hydrogen-bond donors (Lipinski definition) is 2. The van der Waals surface area contributed by atoms with Crippen LogP contribution in [-0.2, 0) is 9.47 Å². The van der Waals surface area contributed by atoms with E-state index in [0.717, 1.165) is 0 Å². The lowest BCUT2D eigenvalue weighted by atomic mass is 10.1. The molecule has 0 aromatic heterocycles. The van der Waals surface area contributed by atoms with Gasteiger partial charge >= 0.3 is 23.9 Å². The number of rotatable bonds is 6. The number of ether oxygens (including phenoxy) is 2. The molecular weight excluding hydrogens is 332 g/mol. The first-order valence-electron chi connectivity index (χ1n) is 6.90. The largest absolute Gasteiger partial charge is 0.478 e. The van der Waals surface area contributed by atoms with Gasteiger partial charge in [0, 0.05) is 0 Å². The summed E-state index contributed by atoms with van der Waals surface area (Å²) in [6, 6.07) is 10.8. The van der Waals surface area contributed by atoms with E-state index >= 15 is 0 Å². The fourth-order valence-electron chi connectivity index (χ4n) is 1.99. The first-order valence-corrected chi connectivity index (χ1v) is 6.90. The summed E-state index contributed by atoms with van der Waals surface area (Å²) in [5, 5.41) is 18.0. The third-order valence-corrected chi connectivity index (χ3v) is 3.13. The second-order valence-electron chi connectivity index (χ2n) is 4.68. The van der Waals surface area contributed by atoms with Crippen molar-refractivity contribution in [2.24, 2.45) is 0 Å². The van der Waals surface area contributed by atoms with Crippen molar-refractivity contribution in [3.05, 3.63) is 70.8 Å². The van der Waals surface area contributed by atoms with Crippen molar-refractivity contribution in [3.63, 3.8) is 0 Å². The van der Waals surface area contributed by atoms with Gasteiger partial charge in [0.25, 0.3) is 0 Å². The number of aromatic carboxylic acids is 2. The lowest BCUT2D eigenvalue weighted by molar-refractivity contribution is -0.0171. The molecule has 8 heteroatoms. The summed E-state index contributed by atoms with van der Waals surface area (Å²) < 4.78 is 9.44. The van der Waals surface area contributed by atoms with Gasteiger partial charge in [-0.2, -0.15) is 0 Å². The van der Waals surface area contributed by atoms with E-state index in [1.165, 1.54) is 48.5 Å². The van der Waals surface area contributed by atoms with Gasteiger partial charge in [0.1, 0.15) is 0 Å². The van der Waals surface area contributed by atoms with Gasteiger partial charge in [-0.1, -0.05) is 24.3 Å². The summed E-state index contributed by atoms with van der Waals surface area (Å²) in [4.78, 5) is 45.9. The molecule has 0 bridgehead atoms. The highest BCUT2D eigenvalue weighted by molar-refractivity contribution is 6.03. The molecule has 25 heavy (non-hydrogen) atoms. The standard InChI is InChI=1S/C17H12O8/c18-14(19)10-5-1-3-7-12(10)16(22)24-9-25-17(23)13-8-4-2-6-11(13)15(20)21/h1-8H,9H2,(H,18,19)(H,20,21). The Bertz CT molecular complexity index is 771. The number of carboxylic acids is 2. The Morgan fingerprint density at radius 1 is 0.640 bits per heavy atom. The zero-order valence-electron chi connectivity index (χ0n) is 12.7. The number of esters is 2. The smallest absolute Gasteiger partial charge is 0.341 e. The number of benzene rings is 2. The summed E-state index contributed by atoms with van der Waals surface area (Å²) in [6.45, 7) is -0.792. The summed E-state index contributed by atoms with van der Waals surface area (Å²) in [7, 11) is 0. The Kier molecular flexibility index (Phi) is 5.47. The molecule has 0 amide bonds. The number of hydrogen-bond acceptors (Lipinski definition) is 6. The van der Waals surface area contributed by atoms with Gasteiger partial charge in [-0.25, -0.2) is 19.2 Å². The van der Waals surface area contributed by atoms with Crippen LogP contribution in [0.15, 0.2) is 48.5 Å². The normalized spacial score (nSPS) is 9.92. The fourth-order valence-corrected chi connectivity index (χ4v) is 1.99. The molecule has 0 atom stereocenters. The van der Waals surface area contributed by atoms with Gasteiger partial charge in [0.15, 0.2) is 0 Å². The minimum atomic E-state index is -1.31. The monoisotopic (exact) mass is 344 g/mol. The topological polar surface area (TPSA) is 127 Å². The maximum absolute atomic E-state index is 11.9. The van der Waals surface area contributed by atoms with Gasteiger partial charge in [-0.15, -0.1) is 0 Å². The predicted molar refractivity (Wildman–Crippen MR) is 82.5 cm³/mol. The molecule has 2 aromatic rings. The highest BCUT2D eigenvalue weighted by Gasteiger charge is 2.19. The van der Waals surface area contributed by atoms with Gasteiger partial charge in [0.2, 0.25) is 6.79 Å². The first kappa shape index (κ1) is 17.7. The van der Waals surface area contributed by atoms with Crippen LogP contribution in [0.1, 0.15) is 41.4 Å². The van der Waals surface area contributed by atoms with Crippen LogP contribution in [0, 0.1) is 0 Å². The average Bonchev–Trinajstić information content (AvgIpc) is 2.61. The molecule has 0 spiro atoms. The minimum absolute atomic E-state index is 0.197. The van der Waals surface area contributed by atoms with Crippen LogP contribution in [0.5, 0.6) is 0 Å². The number of carbonyl (C=O) groups is 4. The Labute approximate surface area is 141 Å². The average molecular weight is 344 g/mol. The highest BCUT2D eigenvalue weighted by atomic mass is 16.7. The molecule has 0 aliphatic carbocycles. The molecule has 0 saturated heterocycles. The molecule has 2 rings (SSSR count). The molecule has 0 saturated carbocycles. The van der Waals surface area contributed by atoms with E-state index in [9.17, 15) is 19.2 Å². The van der Waals surface area contributed by atoms with Crippen molar-refractivity contribution in [2.45, 2.75) is 0 Å². The fraction of sp³-hybridized carbons (Fsp3) is 0.0588. The molecule has 0 fully saturated rings. The van der Waals surface area contributed by atoms with Crippen LogP contribution >= 0.6 is 0 Å². The summed E-state index contributed by atoms with van der Waals surface area (Å²) >= 11 is 0. The van der Waals surface area contributed by atoms with Gasteiger partial charge in [0.05, 0.1) is 22.3 Å². The Morgan fingerprint density at radius 2 is 0.960 bits per heavy atom. The van der Waals surface area contributed by atoms with E-state index in [0.29, 0.717) is 0 Å². The molecule has 0 aliphatic heterocycles. The molecule has 2 N–H and O–H groups in total. The molecule has 0 heterocycles. The molecular formula is C17H12O8. The quantitative estimate of drug-likeness (QED) is 0.602. The predicted octanol–water partition coefficient (Wildman–Crippen LogP) is 2.05. The van der Waals surface area contributed by atoms with Gasteiger partial charge in [-0.05, 0) is 24.3 Å². The van der Waals surface area contributed by atoms with E-state index in [-0.39, 0.29) is 22.3 Å². The number of carboxylic acid groups (broad SMARTS) is 2. The number of carbonyl (C=O) groups excluding carboxylic acids is 2. The molecule has 0 unspecified atom stereocenters. The maximum atomic E-state index is 11.9. The van der Waals surface area contributed by atoms with Crippen LogP contribution in [0.25, 0.3) is 0 Å². The SMILES string of the molecule is O=C(O)c1ccccc1C(=O)OCOC(=O)c1ccccc1C(=O)O. The van der Waals surface area contributed by atoms with E-state index in [2.05, 4.69) is 0 Å². The van der Waals surface area contributed by atoms with Crippen molar-refractivity contribution < 1.29 is 38.9 Å². The Balaban J connectivity index is 2.02. The first-order chi connectivity index (χ1) is 11.9. The van der Waals surface area contributed by atoms with Crippen LogP contribution in [0.3, 0.4) is 0 Å². The molecule has 0 radical (unpaired) electrons. The lowest BCUT2D eigenvalue weighted by Crippen LogP contribution is -2.17. The van der Waals surface area contributed by atoms with Crippen LogP contribution in [-0.4, -0.2) is 40.9 Å². The van der Waals surface area contributed by atoms with Gasteiger partial charge < -0.3 is 19.7 Å². The van der Waals surface area contributed by atoms with Crippen molar-refractivity contribution in [2.75, 3.05) is 6.79 Å². The van der Waals surface area contributed by atoms with Crippen LogP contribution in [0.2, 0.25) is 0 Å². The van der Waals surface area contributed by atoms with Crippen LogP contribution < -0.4 is 0 Å². The van der Waals surface area contributed by atoms with E-state index in [4.69, 9.17) is 19.7 Å². The van der Waals surface area contributed by atoms with E-state index < -0.39 is 30.7 Å². The molecule has 0 aliphatic rings. The second-order valence-corrected chi connectivity index (χ2v) is 4.68. The molecule has 2 aromatic carbocycles. The van der Waals surface area contributed by atoms with Crippen molar-refractivity contribution in [1.82, 2.24) is 0 Å². The maximum Gasteiger partial charge on any atom is 0.341 e. The summed E-state index contributed by atoms with van der Waals surface area (Å²) in [6.07, 6.45) is 0. The minimum Gasteiger partial charge on any atom is -0.478 e. The van der Waals surface area contributed by atoms with Crippen molar-refractivity contribution in [3.8, 4) is 0 Å². The van der Waals surface area contributed by atoms with E-state index in [1.807, 2.05) is 0 Å². The zero-order chi connectivity index (χ0) is 18.4. The van der Waals surface area contributed by atoms with Gasteiger partial charge in [-0.3, -0.25) is 0 Å². The zero-order valence-corrected chi connectivity index (χ0v) is 12.7. The second kappa shape index (κ2) is 7.73. The van der Waals surface area contributed by atoms with Crippen LogP contribution in [0.4, 0.5) is 0 Å². The molecule has 128 valence electrons. The highest BCUT2D eigenvalue weighted by Crippen LogP contribution is 2.12. The molecule has 8 nitrogen and oxygen atoms in total. The third-order valence-electron chi connectivity index (χ3n) is 3.13. The Hall–Kier alpha value is -3.68. The lowest BCUT2D eigenvalue weighted by Gasteiger charge is -2.09.